The highest BCUT2D eigenvalue weighted by Crippen LogP contribution is 2.55. The summed E-state index contributed by atoms with van der Waals surface area (Å²) in [7, 11) is 0. The van der Waals surface area contributed by atoms with Gasteiger partial charge in [0.1, 0.15) is 11.7 Å². The molecule has 0 unspecified atom stereocenters. The zero-order valence-electron chi connectivity index (χ0n) is 16.0. The number of Topliss-reactive ketones (excluding diaryl/α,β-unsaturated/α-hetero) is 2. The number of ketones is 2. The summed E-state index contributed by atoms with van der Waals surface area (Å²) in [5, 5.41) is 0. The van der Waals surface area contributed by atoms with Gasteiger partial charge in [-0.2, -0.15) is 0 Å². The Morgan fingerprint density at radius 3 is 1.62 bits per heavy atom. The summed E-state index contributed by atoms with van der Waals surface area (Å²) in [4.78, 5) is 39.8. The van der Waals surface area contributed by atoms with Crippen LogP contribution in [0, 0.1) is 11.3 Å². The molecule has 0 radical (unpaired) electrons. The molecule has 1 aliphatic rings. The van der Waals surface area contributed by atoms with Crippen molar-refractivity contribution in [2.45, 2.75) is 18.8 Å². The van der Waals surface area contributed by atoms with Gasteiger partial charge in [-0.25, -0.2) is 0 Å². The van der Waals surface area contributed by atoms with Crippen molar-refractivity contribution in [1.82, 2.24) is 0 Å². The Hall–Kier alpha value is -3.33. The van der Waals surface area contributed by atoms with Gasteiger partial charge in [0.05, 0.1) is 0 Å². The Morgan fingerprint density at radius 1 is 0.724 bits per heavy atom. The van der Waals surface area contributed by atoms with Gasteiger partial charge in [-0.3, -0.25) is 9.59 Å². The van der Waals surface area contributed by atoms with Crippen LogP contribution in [-0.2, 0) is 4.79 Å². The van der Waals surface area contributed by atoms with Gasteiger partial charge >= 0.3 is 0 Å². The molecule has 0 amide bonds. The summed E-state index contributed by atoms with van der Waals surface area (Å²) in [6.45, 7) is 0. The second kappa shape index (κ2) is 7.96. The molecular formula is C26H22O3. The smallest absolute Gasteiger partial charge is 0.177 e. The lowest BCUT2D eigenvalue weighted by molar-refractivity contribution is -0.111. The minimum absolute atomic E-state index is 0.204. The molecule has 4 rings (SSSR count). The lowest BCUT2D eigenvalue weighted by atomic mass is 9.64. The van der Waals surface area contributed by atoms with Crippen LogP contribution in [0.25, 0.3) is 0 Å². The SMILES string of the molecule is O=C[C@H]1CCC(C(=O)c2ccccc2)(C(=O)c2ccccc2)[C@@H]1c1ccccc1. The Balaban J connectivity index is 1.93. The number of rotatable bonds is 6. The van der Waals surface area contributed by atoms with Gasteiger partial charge in [0, 0.05) is 23.0 Å². The number of benzene rings is 3. The lowest BCUT2D eigenvalue weighted by Gasteiger charge is -2.34. The zero-order chi connectivity index (χ0) is 20.3. The first-order chi connectivity index (χ1) is 14.2. The number of carbonyl (C=O) groups is 3. The zero-order valence-corrected chi connectivity index (χ0v) is 16.0. The van der Waals surface area contributed by atoms with Gasteiger partial charge in [-0.05, 0) is 18.4 Å². The van der Waals surface area contributed by atoms with Gasteiger partial charge in [-0.15, -0.1) is 0 Å². The number of aldehydes is 1. The normalized spacial score (nSPS) is 20.1. The molecule has 0 bridgehead atoms. The van der Waals surface area contributed by atoms with E-state index in [4.69, 9.17) is 0 Å². The molecule has 1 aliphatic carbocycles. The third-order valence-electron chi connectivity index (χ3n) is 6.05. The first kappa shape index (κ1) is 19.0. The standard InChI is InChI=1S/C26H22O3/c27-18-22-16-17-26(23(22)19-10-4-1-5-11-19,24(28)20-12-6-2-7-13-20)25(29)21-14-8-3-9-15-21/h1-15,18,22-23H,16-17H2/t22-,23-/m1/s1. The minimum atomic E-state index is -1.30. The Morgan fingerprint density at radius 2 is 1.17 bits per heavy atom. The highest BCUT2D eigenvalue weighted by Gasteiger charge is 2.58. The third kappa shape index (κ3) is 3.23. The highest BCUT2D eigenvalue weighted by atomic mass is 16.2. The number of carbonyl (C=O) groups excluding carboxylic acids is 3. The van der Waals surface area contributed by atoms with Crippen molar-refractivity contribution in [3.8, 4) is 0 Å². The van der Waals surface area contributed by atoms with Crippen molar-refractivity contribution in [1.29, 1.82) is 0 Å². The van der Waals surface area contributed by atoms with Crippen molar-refractivity contribution in [2.75, 3.05) is 0 Å². The predicted octanol–water partition coefficient (Wildman–Crippen LogP) is 5.13. The van der Waals surface area contributed by atoms with Gasteiger partial charge < -0.3 is 4.79 Å². The molecule has 3 nitrogen and oxygen atoms in total. The van der Waals surface area contributed by atoms with Crippen molar-refractivity contribution in [2.24, 2.45) is 11.3 Å². The van der Waals surface area contributed by atoms with E-state index < -0.39 is 11.3 Å². The molecule has 29 heavy (non-hydrogen) atoms. The molecule has 0 aromatic heterocycles. The molecule has 0 aliphatic heterocycles. The van der Waals surface area contributed by atoms with E-state index in [1.165, 1.54) is 0 Å². The van der Waals surface area contributed by atoms with Gasteiger partial charge in [0.2, 0.25) is 0 Å². The van der Waals surface area contributed by atoms with E-state index in [9.17, 15) is 14.4 Å². The van der Waals surface area contributed by atoms with Gasteiger partial charge in [0.15, 0.2) is 11.6 Å². The number of hydrogen-bond acceptors (Lipinski definition) is 3. The molecule has 0 heterocycles. The van der Waals surface area contributed by atoms with Crippen LogP contribution in [-0.4, -0.2) is 17.9 Å². The van der Waals surface area contributed by atoms with Crippen LogP contribution in [0.3, 0.4) is 0 Å². The van der Waals surface area contributed by atoms with Crippen LogP contribution in [0.5, 0.6) is 0 Å². The van der Waals surface area contributed by atoms with Gasteiger partial charge in [-0.1, -0.05) is 91.0 Å². The maximum Gasteiger partial charge on any atom is 0.177 e. The van der Waals surface area contributed by atoms with E-state index >= 15 is 0 Å². The van der Waals surface area contributed by atoms with E-state index in [0.717, 1.165) is 11.8 Å². The van der Waals surface area contributed by atoms with Crippen LogP contribution >= 0.6 is 0 Å². The first-order valence-electron chi connectivity index (χ1n) is 9.88. The summed E-state index contributed by atoms with van der Waals surface area (Å²) in [6, 6.07) is 27.4. The second-order valence-electron chi connectivity index (χ2n) is 7.59. The predicted molar refractivity (Wildman–Crippen MR) is 112 cm³/mol. The fourth-order valence-electron chi connectivity index (χ4n) is 4.73. The van der Waals surface area contributed by atoms with Crippen LogP contribution in [0.2, 0.25) is 0 Å². The van der Waals surface area contributed by atoms with Crippen LogP contribution in [0.4, 0.5) is 0 Å². The van der Waals surface area contributed by atoms with E-state index in [2.05, 4.69) is 0 Å². The van der Waals surface area contributed by atoms with Crippen molar-refractivity contribution in [3.05, 3.63) is 108 Å². The molecule has 144 valence electrons. The summed E-state index contributed by atoms with van der Waals surface area (Å²) in [5.41, 5.74) is 0.569. The van der Waals surface area contributed by atoms with Crippen molar-refractivity contribution in [3.63, 3.8) is 0 Å². The Bertz CT molecular complexity index is 958. The largest absolute Gasteiger partial charge is 0.303 e. The fourth-order valence-corrected chi connectivity index (χ4v) is 4.73. The van der Waals surface area contributed by atoms with E-state index in [0.29, 0.717) is 24.0 Å². The quantitative estimate of drug-likeness (QED) is 0.337. The molecule has 3 heteroatoms. The molecule has 0 spiro atoms. The summed E-state index contributed by atoms with van der Waals surface area (Å²) in [5.74, 6) is -1.27. The molecule has 0 saturated heterocycles. The monoisotopic (exact) mass is 382 g/mol. The van der Waals surface area contributed by atoms with Crippen molar-refractivity contribution >= 4 is 17.9 Å². The average Bonchev–Trinajstić information content (AvgIpc) is 3.20. The van der Waals surface area contributed by atoms with E-state index in [1.54, 1.807) is 48.5 Å². The van der Waals surface area contributed by atoms with Crippen LogP contribution in [0.1, 0.15) is 45.0 Å². The van der Waals surface area contributed by atoms with E-state index in [-0.39, 0.29) is 17.5 Å². The molecule has 0 N–H and O–H groups in total. The molecule has 3 aromatic rings. The Kier molecular flexibility index (Phi) is 5.22. The first-order valence-corrected chi connectivity index (χ1v) is 9.88. The lowest BCUT2D eigenvalue weighted by Crippen LogP contribution is -2.43. The maximum absolute atomic E-state index is 13.9. The molecule has 1 fully saturated rings. The van der Waals surface area contributed by atoms with Crippen molar-refractivity contribution < 1.29 is 14.4 Å². The molecule has 3 aromatic carbocycles. The topological polar surface area (TPSA) is 51.2 Å². The summed E-state index contributed by atoms with van der Waals surface area (Å²) >= 11 is 0. The number of hydrogen-bond donors (Lipinski definition) is 0. The minimum Gasteiger partial charge on any atom is -0.303 e. The molecule has 1 saturated carbocycles. The highest BCUT2D eigenvalue weighted by molar-refractivity contribution is 6.21. The van der Waals surface area contributed by atoms with E-state index in [1.807, 2.05) is 42.5 Å². The maximum atomic E-state index is 13.9. The van der Waals surface area contributed by atoms with Crippen LogP contribution in [0.15, 0.2) is 91.0 Å². The second-order valence-corrected chi connectivity index (χ2v) is 7.59. The summed E-state index contributed by atoms with van der Waals surface area (Å²) < 4.78 is 0. The molecule has 2 atom stereocenters. The fraction of sp³-hybridized carbons (Fsp3) is 0.192. The van der Waals surface area contributed by atoms with Crippen LogP contribution < -0.4 is 0 Å². The summed E-state index contributed by atoms with van der Waals surface area (Å²) in [6.07, 6.45) is 1.79. The third-order valence-corrected chi connectivity index (χ3v) is 6.05. The van der Waals surface area contributed by atoms with Gasteiger partial charge in [0.25, 0.3) is 0 Å². The average molecular weight is 382 g/mol. The Labute approximate surface area is 170 Å². The molecular weight excluding hydrogens is 360 g/mol.